The zero-order valence-corrected chi connectivity index (χ0v) is 4.68. The van der Waals surface area contributed by atoms with Crippen LogP contribution < -0.4 is 5.73 Å². The fourth-order valence-electron chi connectivity index (χ4n) is 0.920. The predicted molar refractivity (Wildman–Crippen MR) is 29.3 cm³/mol. The molecule has 0 aromatic heterocycles. The van der Waals surface area contributed by atoms with Gasteiger partial charge < -0.3 is 4.90 Å². The van der Waals surface area contributed by atoms with Crippen LogP contribution in [-0.4, -0.2) is 24.0 Å². The fraction of sp³-hybridized carbons (Fsp3) is 0.800. The molecule has 1 saturated heterocycles. The first-order valence-corrected chi connectivity index (χ1v) is 2.81. The van der Waals surface area contributed by atoms with Crippen LogP contribution in [0.4, 0.5) is 4.79 Å². The lowest BCUT2D eigenvalue weighted by Crippen LogP contribution is -2.26. The van der Waals surface area contributed by atoms with Gasteiger partial charge in [0.15, 0.2) is 0 Å². The molecule has 1 aliphatic heterocycles. The summed E-state index contributed by atoms with van der Waals surface area (Å²) < 4.78 is 0. The summed E-state index contributed by atoms with van der Waals surface area (Å²) in [4.78, 5) is 11.8. The largest absolute Gasteiger partial charge is 0.336 e. The van der Waals surface area contributed by atoms with E-state index in [1.165, 1.54) is 0 Å². The van der Waals surface area contributed by atoms with Crippen molar-refractivity contribution in [3.63, 3.8) is 0 Å². The SMILES string of the molecule is [NH]C(=O)N1CCCC1. The van der Waals surface area contributed by atoms with Crippen LogP contribution in [0.3, 0.4) is 0 Å². The maximum absolute atomic E-state index is 10.2. The Morgan fingerprint density at radius 2 is 1.88 bits per heavy atom. The van der Waals surface area contributed by atoms with Gasteiger partial charge in [0.2, 0.25) is 0 Å². The van der Waals surface area contributed by atoms with Gasteiger partial charge in [-0.1, -0.05) is 0 Å². The Morgan fingerprint density at radius 1 is 1.38 bits per heavy atom. The van der Waals surface area contributed by atoms with E-state index < -0.39 is 6.03 Å². The molecule has 1 radical (unpaired) electrons. The first-order valence-electron chi connectivity index (χ1n) is 2.81. The number of rotatable bonds is 0. The molecule has 1 N–H and O–H groups in total. The predicted octanol–water partition coefficient (Wildman–Crippen LogP) is 0.485. The lowest BCUT2D eigenvalue weighted by Gasteiger charge is -2.08. The van der Waals surface area contributed by atoms with Crippen molar-refractivity contribution in [3.8, 4) is 0 Å². The highest BCUT2D eigenvalue weighted by atomic mass is 16.2. The summed E-state index contributed by atoms with van der Waals surface area (Å²) in [5.74, 6) is 0. The minimum atomic E-state index is -0.525. The smallest absolute Gasteiger partial charge is 0.323 e. The van der Waals surface area contributed by atoms with Crippen molar-refractivity contribution in [2.24, 2.45) is 0 Å². The van der Waals surface area contributed by atoms with Gasteiger partial charge in [-0.25, -0.2) is 10.5 Å². The summed E-state index contributed by atoms with van der Waals surface area (Å²) in [6.45, 7) is 1.59. The average molecular weight is 113 g/mol. The summed E-state index contributed by atoms with van der Waals surface area (Å²) in [5.41, 5.74) is 6.66. The molecule has 45 valence electrons. The second-order valence-electron chi connectivity index (χ2n) is 2.00. The molecule has 0 aromatic carbocycles. The van der Waals surface area contributed by atoms with Crippen LogP contribution in [0.1, 0.15) is 12.8 Å². The standard InChI is InChI=1S/C5H9N2O/c6-5(8)7-3-1-2-4-7/h6H,1-4H2. The lowest BCUT2D eigenvalue weighted by molar-refractivity contribution is 0.217. The molecule has 8 heavy (non-hydrogen) atoms. The van der Waals surface area contributed by atoms with Crippen molar-refractivity contribution < 1.29 is 4.79 Å². The minimum Gasteiger partial charge on any atom is -0.323 e. The molecule has 0 spiro atoms. The van der Waals surface area contributed by atoms with Crippen molar-refractivity contribution in [2.45, 2.75) is 12.8 Å². The first-order chi connectivity index (χ1) is 3.80. The fourth-order valence-corrected chi connectivity index (χ4v) is 0.920. The van der Waals surface area contributed by atoms with Crippen molar-refractivity contribution >= 4 is 6.03 Å². The van der Waals surface area contributed by atoms with Crippen molar-refractivity contribution in [1.29, 1.82) is 0 Å². The normalized spacial score (nSPS) is 19.2. The van der Waals surface area contributed by atoms with Gasteiger partial charge in [-0.15, -0.1) is 0 Å². The van der Waals surface area contributed by atoms with E-state index in [-0.39, 0.29) is 0 Å². The summed E-state index contributed by atoms with van der Waals surface area (Å²) in [6.07, 6.45) is 2.15. The van der Waals surface area contributed by atoms with Crippen LogP contribution in [0.15, 0.2) is 0 Å². The Morgan fingerprint density at radius 3 is 2.12 bits per heavy atom. The van der Waals surface area contributed by atoms with E-state index >= 15 is 0 Å². The van der Waals surface area contributed by atoms with E-state index in [0.717, 1.165) is 25.9 Å². The van der Waals surface area contributed by atoms with Crippen molar-refractivity contribution in [2.75, 3.05) is 13.1 Å². The summed E-state index contributed by atoms with van der Waals surface area (Å²) in [6, 6.07) is -0.525. The molecule has 1 fully saturated rings. The van der Waals surface area contributed by atoms with E-state index in [9.17, 15) is 4.79 Å². The van der Waals surface area contributed by atoms with Gasteiger partial charge in [-0.2, -0.15) is 0 Å². The van der Waals surface area contributed by atoms with Crippen LogP contribution in [0.5, 0.6) is 0 Å². The summed E-state index contributed by atoms with van der Waals surface area (Å²) in [7, 11) is 0. The monoisotopic (exact) mass is 113 g/mol. The molecule has 3 heteroatoms. The van der Waals surface area contributed by atoms with Crippen LogP contribution in [0, 0.1) is 0 Å². The zero-order valence-electron chi connectivity index (χ0n) is 4.68. The van der Waals surface area contributed by atoms with Gasteiger partial charge >= 0.3 is 6.03 Å². The number of nitrogens with one attached hydrogen (secondary N) is 1. The van der Waals surface area contributed by atoms with Crippen molar-refractivity contribution in [3.05, 3.63) is 0 Å². The molecule has 0 aliphatic carbocycles. The molecular formula is C5H9N2O. The summed E-state index contributed by atoms with van der Waals surface area (Å²) in [5, 5.41) is 0. The van der Waals surface area contributed by atoms with E-state index in [0.29, 0.717) is 0 Å². The molecule has 0 bridgehead atoms. The molecule has 0 atom stereocenters. The van der Waals surface area contributed by atoms with E-state index in [4.69, 9.17) is 5.73 Å². The van der Waals surface area contributed by atoms with Gasteiger partial charge in [0.1, 0.15) is 0 Å². The van der Waals surface area contributed by atoms with E-state index in [1.807, 2.05) is 0 Å². The number of carbonyl (C=O) groups excluding carboxylic acids is 1. The number of carbonyl (C=O) groups is 1. The van der Waals surface area contributed by atoms with Gasteiger partial charge in [-0.05, 0) is 12.8 Å². The van der Waals surface area contributed by atoms with Gasteiger partial charge in [-0.3, -0.25) is 0 Å². The highest BCUT2D eigenvalue weighted by Gasteiger charge is 2.14. The number of urea groups is 1. The number of hydrogen-bond donors (Lipinski definition) is 0. The second-order valence-corrected chi connectivity index (χ2v) is 2.00. The Kier molecular flexibility index (Phi) is 1.37. The number of nitrogens with zero attached hydrogens (tertiary/aromatic N) is 1. The number of hydrogen-bond acceptors (Lipinski definition) is 1. The Bertz CT molecular complexity index is 96.6. The molecule has 1 rings (SSSR count). The Balaban J connectivity index is 2.35. The molecule has 0 saturated carbocycles. The van der Waals surface area contributed by atoms with Crippen molar-refractivity contribution in [1.82, 2.24) is 10.6 Å². The molecule has 0 unspecified atom stereocenters. The summed E-state index contributed by atoms with van der Waals surface area (Å²) >= 11 is 0. The molecular weight excluding hydrogens is 104 g/mol. The third kappa shape index (κ3) is 0.911. The zero-order chi connectivity index (χ0) is 5.98. The maximum Gasteiger partial charge on any atom is 0.336 e. The van der Waals surface area contributed by atoms with Crippen LogP contribution >= 0.6 is 0 Å². The second kappa shape index (κ2) is 2.03. The average Bonchev–Trinajstić information content (AvgIpc) is 2.12. The van der Waals surface area contributed by atoms with Crippen LogP contribution in [0.25, 0.3) is 0 Å². The van der Waals surface area contributed by atoms with Crippen LogP contribution in [0.2, 0.25) is 0 Å². The Hall–Kier alpha value is -0.730. The topological polar surface area (TPSA) is 44.1 Å². The van der Waals surface area contributed by atoms with E-state index in [1.54, 1.807) is 4.90 Å². The third-order valence-corrected chi connectivity index (χ3v) is 1.39. The minimum absolute atomic E-state index is 0.525. The quantitative estimate of drug-likeness (QED) is 0.450. The highest BCUT2D eigenvalue weighted by molar-refractivity contribution is 5.71. The molecule has 1 heterocycles. The Labute approximate surface area is 48.5 Å². The maximum atomic E-state index is 10.2. The molecule has 3 nitrogen and oxygen atoms in total. The number of amides is 2. The van der Waals surface area contributed by atoms with Crippen LogP contribution in [-0.2, 0) is 0 Å². The lowest BCUT2D eigenvalue weighted by atomic mass is 10.4. The van der Waals surface area contributed by atoms with Gasteiger partial charge in [0.25, 0.3) is 0 Å². The van der Waals surface area contributed by atoms with Gasteiger partial charge in [0, 0.05) is 13.1 Å². The highest BCUT2D eigenvalue weighted by Crippen LogP contribution is 2.05. The molecule has 0 aromatic rings. The van der Waals surface area contributed by atoms with Gasteiger partial charge in [0.05, 0.1) is 0 Å². The number of likely N-dealkylation sites (tertiary alicyclic amines) is 1. The molecule has 2 amide bonds. The first kappa shape index (κ1) is 5.41. The molecule has 1 aliphatic rings. The third-order valence-electron chi connectivity index (χ3n) is 1.39. The van der Waals surface area contributed by atoms with E-state index in [2.05, 4.69) is 0 Å².